The van der Waals surface area contributed by atoms with Gasteiger partial charge in [0.25, 0.3) is 5.56 Å². The van der Waals surface area contributed by atoms with Crippen LogP contribution in [0, 0.1) is 0 Å². The van der Waals surface area contributed by atoms with E-state index in [4.69, 9.17) is 9.72 Å². The molecule has 0 amide bonds. The molecule has 0 fully saturated rings. The zero-order chi connectivity index (χ0) is 21.6. The fourth-order valence-electron chi connectivity index (χ4n) is 4.36. The molecule has 3 aromatic rings. The van der Waals surface area contributed by atoms with Gasteiger partial charge in [0.05, 0.1) is 18.5 Å². The van der Waals surface area contributed by atoms with E-state index < -0.39 is 0 Å². The Bertz CT molecular complexity index is 1050. The first-order chi connectivity index (χ1) is 15.2. The number of unbranched alkanes of at least 4 members (excludes halogenated alkanes) is 1. The Labute approximate surface area is 188 Å². The zero-order valence-corrected chi connectivity index (χ0v) is 19.5. The number of thiophene rings is 1. The van der Waals surface area contributed by atoms with Gasteiger partial charge in [0, 0.05) is 11.4 Å². The zero-order valence-electron chi connectivity index (χ0n) is 18.7. The second-order valence-corrected chi connectivity index (χ2v) is 9.29. The Kier molecular flexibility index (Phi) is 7.41. The number of rotatable bonds is 10. The molecular weight excluding hydrogens is 406 g/mol. The number of nitrogens with zero attached hydrogens (tertiary/aromatic N) is 3. The van der Waals surface area contributed by atoms with Crippen LogP contribution in [-0.2, 0) is 25.9 Å². The Morgan fingerprint density at radius 1 is 1.10 bits per heavy atom. The van der Waals surface area contributed by atoms with Crippen LogP contribution in [0.2, 0.25) is 0 Å². The first-order valence-corrected chi connectivity index (χ1v) is 12.5. The lowest BCUT2D eigenvalue weighted by molar-refractivity contribution is 0.278. The van der Waals surface area contributed by atoms with Crippen molar-refractivity contribution >= 4 is 21.6 Å². The lowest BCUT2D eigenvalue weighted by Crippen LogP contribution is -2.31. The molecule has 1 aliphatic rings. The highest BCUT2D eigenvalue weighted by atomic mass is 32.1. The molecule has 0 radical (unpaired) electrons. The van der Waals surface area contributed by atoms with Crippen molar-refractivity contribution in [1.82, 2.24) is 14.5 Å². The molecule has 1 aliphatic carbocycles. The maximum Gasteiger partial charge on any atom is 0.262 e. The van der Waals surface area contributed by atoms with Crippen molar-refractivity contribution in [1.29, 1.82) is 0 Å². The fourth-order valence-corrected chi connectivity index (χ4v) is 5.63. The Balaban J connectivity index is 1.55. The average molecular weight is 440 g/mol. The van der Waals surface area contributed by atoms with Crippen LogP contribution in [0.1, 0.15) is 55.8 Å². The number of hydrogen-bond donors (Lipinski definition) is 0. The van der Waals surface area contributed by atoms with Crippen LogP contribution in [0.4, 0.5) is 0 Å². The van der Waals surface area contributed by atoms with Crippen molar-refractivity contribution in [2.24, 2.45) is 0 Å². The fraction of sp³-hybridized carbons (Fsp3) is 0.520. The van der Waals surface area contributed by atoms with Crippen LogP contribution in [-0.4, -0.2) is 34.1 Å². The Morgan fingerprint density at radius 2 is 1.87 bits per heavy atom. The summed E-state index contributed by atoms with van der Waals surface area (Å²) >= 11 is 1.75. The SMILES string of the molecule is CCN(CC)Cc1nc2sc3c(c2c(=O)n1CCCCOc1ccccc1)CCCC3. The van der Waals surface area contributed by atoms with E-state index in [2.05, 4.69) is 18.7 Å². The third-order valence-electron chi connectivity index (χ3n) is 6.20. The van der Waals surface area contributed by atoms with E-state index >= 15 is 0 Å². The summed E-state index contributed by atoms with van der Waals surface area (Å²) in [5, 5.41) is 0.892. The van der Waals surface area contributed by atoms with Gasteiger partial charge in [0.15, 0.2) is 0 Å². The highest BCUT2D eigenvalue weighted by Crippen LogP contribution is 2.33. The van der Waals surface area contributed by atoms with Crippen molar-refractivity contribution in [2.75, 3.05) is 19.7 Å². The normalized spacial score (nSPS) is 13.6. The van der Waals surface area contributed by atoms with Crippen LogP contribution < -0.4 is 10.3 Å². The number of aromatic nitrogens is 2. The molecule has 6 heteroatoms. The Hall–Kier alpha value is -2.18. The van der Waals surface area contributed by atoms with Gasteiger partial charge in [-0.2, -0.15) is 0 Å². The van der Waals surface area contributed by atoms with Gasteiger partial charge in [-0.25, -0.2) is 4.98 Å². The summed E-state index contributed by atoms with van der Waals surface area (Å²) in [5.41, 5.74) is 1.44. The van der Waals surface area contributed by atoms with Gasteiger partial charge in [-0.3, -0.25) is 14.3 Å². The smallest absolute Gasteiger partial charge is 0.262 e. The molecule has 31 heavy (non-hydrogen) atoms. The average Bonchev–Trinajstić information content (AvgIpc) is 3.18. The van der Waals surface area contributed by atoms with Crippen LogP contribution >= 0.6 is 11.3 Å². The lowest BCUT2D eigenvalue weighted by Gasteiger charge is -2.20. The Morgan fingerprint density at radius 3 is 2.65 bits per heavy atom. The number of fused-ring (bicyclic) bond motifs is 3. The van der Waals surface area contributed by atoms with Crippen molar-refractivity contribution in [3.05, 3.63) is 57.0 Å². The standard InChI is InChI=1S/C25H33N3O2S/c1-3-27(4-2)18-22-26-24-23(20-14-8-9-15-21(20)31-24)25(29)28(22)16-10-11-17-30-19-12-6-5-7-13-19/h5-7,12-13H,3-4,8-11,14-18H2,1-2H3. The van der Waals surface area contributed by atoms with Crippen molar-refractivity contribution in [3.8, 4) is 5.75 Å². The number of ether oxygens (including phenoxy) is 1. The lowest BCUT2D eigenvalue weighted by atomic mass is 9.97. The molecule has 4 rings (SSSR count). The van der Waals surface area contributed by atoms with Crippen LogP contribution in [0.3, 0.4) is 0 Å². The van der Waals surface area contributed by atoms with E-state index in [1.165, 1.54) is 23.3 Å². The van der Waals surface area contributed by atoms with Crippen LogP contribution in [0.15, 0.2) is 35.1 Å². The van der Waals surface area contributed by atoms with Gasteiger partial charge in [-0.1, -0.05) is 32.0 Å². The minimum absolute atomic E-state index is 0.163. The van der Waals surface area contributed by atoms with E-state index in [9.17, 15) is 4.79 Å². The highest BCUT2D eigenvalue weighted by Gasteiger charge is 2.22. The largest absolute Gasteiger partial charge is 0.494 e. The molecule has 0 unspecified atom stereocenters. The molecule has 166 valence electrons. The topological polar surface area (TPSA) is 47.4 Å². The van der Waals surface area contributed by atoms with Gasteiger partial charge < -0.3 is 4.74 Å². The first-order valence-electron chi connectivity index (χ1n) is 11.7. The summed E-state index contributed by atoms with van der Waals surface area (Å²) in [6, 6.07) is 9.91. The predicted molar refractivity (Wildman–Crippen MR) is 128 cm³/mol. The summed E-state index contributed by atoms with van der Waals surface area (Å²) in [6.07, 6.45) is 6.33. The van der Waals surface area contributed by atoms with Crippen molar-refractivity contribution < 1.29 is 4.74 Å². The first kappa shape index (κ1) is 22.0. The molecule has 2 aromatic heterocycles. The maximum absolute atomic E-state index is 13.6. The molecule has 0 bridgehead atoms. The number of aryl methyl sites for hydroxylation is 2. The van der Waals surface area contributed by atoms with Gasteiger partial charge in [-0.15, -0.1) is 11.3 Å². The van der Waals surface area contributed by atoms with E-state index in [1.807, 2.05) is 34.9 Å². The molecule has 0 aliphatic heterocycles. The summed E-state index contributed by atoms with van der Waals surface area (Å²) in [5.74, 6) is 1.80. The molecular formula is C25H33N3O2S. The number of para-hydroxylation sites is 1. The number of benzene rings is 1. The van der Waals surface area contributed by atoms with E-state index in [0.717, 1.165) is 67.1 Å². The summed E-state index contributed by atoms with van der Waals surface area (Å²) in [7, 11) is 0. The molecule has 1 aromatic carbocycles. The summed E-state index contributed by atoms with van der Waals surface area (Å²) < 4.78 is 7.78. The molecule has 0 N–H and O–H groups in total. The third kappa shape index (κ3) is 5.01. The minimum Gasteiger partial charge on any atom is -0.494 e. The van der Waals surface area contributed by atoms with Gasteiger partial charge >= 0.3 is 0 Å². The van der Waals surface area contributed by atoms with Gasteiger partial charge in [0.2, 0.25) is 0 Å². The highest BCUT2D eigenvalue weighted by molar-refractivity contribution is 7.18. The monoisotopic (exact) mass is 439 g/mol. The van der Waals surface area contributed by atoms with Gasteiger partial charge in [-0.05, 0) is 69.3 Å². The predicted octanol–water partition coefficient (Wildman–Crippen LogP) is 5.04. The maximum atomic E-state index is 13.6. The van der Waals surface area contributed by atoms with E-state index in [-0.39, 0.29) is 5.56 Å². The second-order valence-electron chi connectivity index (χ2n) is 8.21. The van der Waals surface area contributed by atoms with E-state index in [0.29, 0.717) is 13.2 Å². The molecule has 0 atom stereocenters. The number of hydrogen-bond acceptors (Lipinski definition) is 5. The quantitative estimate of drug-likeness (QED) is 0.415. The van der Waals surface area contributed by atoms with E-state index in [1.54, 1.807) is 11.3 Å². The molecule has 0 saturated carbocycles. The molecule has 2 heterocycles. The summed E-state index contributed by atoms with van der Waals surface area (Å²) in [6.45, 7) is 8.31. The van der Waals surface area contributed by atoms with Crippen LogP contribution in [0.5, 0.6) is 5.75 Å². The molecule has 0 spiro atoms. The third-order valence-corrected chi connectivity index (χ3v) is 7.39. The van der Waals surface area contributed by atoms with Crippen molar-refractivity contribution in [3.63, 3.8) is 0 Å². The molecule has 5 nitrogen and oxygen atoms in total. The van der Waals surface area contributed by atoms with Gasteiger partial charge in [0.1, 0.15) is 16.4 Å². The van der Waals surface area contributed by atoms with Crippen molar-refractivity contribution in [2.45, 2.75) is 65.5 Å². The minimum atomic E-state index is 0.163. The summed E-state index contributed by atoms with van der Waals surface area (Å²) in [4.78, 5) is 23.3. The second kappa shape index (κ2) is 10.4. The molecule has 0 saturated heterocycles. The van der Waals surface area contributed by atoms with Crippen LogP contribution in [0.25, 0.3) is 10.2 Å².